The SMILES string of the molecule is CC(=NOS(=O)(=O)c1ccc(C)cc1)Sc1ccc(C)cc1. The van der Waals surface area contributed by atoms with Gasteiger partial charge in [-0.1, -0.05) is 52.3 Å². The van der Waals surface area contributed by atoms with Crippen LogP contribution in [0.15, 0.2) is 63.5 Å². The molecule has 0 unspecified atom stereocenters. The minimum atomic E-state index is -3.87. The van der Waals surface area contributed by atoms with Crippen LogP contribution in [0, 0.1) is 13.8 Å². The van der Waals surface area contributed by atoms with E-state index in [2.05, 4.69) is 5.16 Å². The molecule has 0 aliphatic rings. The highest BCUT2D eigenvalue weighted by Crippen LogP contribution is 2.21. The van der Waals surface area contributed by atoms with Gasteiger partial charge < -0.3 is 0 Å². The number of aryl methyl sites for hydroxylation is 2. The lowest BCUT2D eigenvalue weighted by molar-refractivity contribution is 0.340. The summed E-state index contributed by atoms with van der Waals surface area (Å²) in [5.74, 6) is 0. The Labute approximate surface area is 135 Å². The van der Waals surface area contributed by atoms with Crippen molar-refractivity contribution < 1.29 is 12.7 Å². The highest BCUT2D eigenvalue weighted by Gasteiger charge is 2.15. The second-order valence-electron chi connectivity index (χ2n) is 4.87. The van der Waals surface area contributed by atoms with E-state index in [-0.39, 0.29) is 4.90 Å². The maximum atomic E-state index is 12.0. The van der Waals surface area contributed by atoms with E-state index in [0.29, 0.717) is 5.04 Å². The van der Waals surface area contributed by atoms with Gasteiger partial charge in [0.2, 0.25) is 0 Å². The van der Waals surface area contributed by atoms with Crippen LogP contribution in [-0.4, -0.2) is 13.5 Å². The van der Waals surface area contributed by atoms with E-state index in [1.165, 1.54) is 23.9 Å². The van der Waals surface area contributed by atoms with Crippen LogP contribution in [0.25, 0.3) is 0 Å². The second kappa shape index (κ2) is 6.98. The van der Waals surface area contributed by atoms with Crippen LogP contribution in [0.3, 0.4) is 0 Å². The molecule has 6 heteroatoms. The first-order chi connectivity index (χ1) is 10.4. The van der Waals surface area contributed by atoms with E-state index in [1.807, 2.05) is 38.1 Å². The molecule has 116 valence electrons. The fourth-order valence-electron chi connectivity index (χ4n) is 1.65. The lowest BCUT2D eigenvalue weighted by atomic mass is 10.2. The van der Waals surface area contributed by atoms with Crippen LogP contribution in [0.2, 0.25) is 0 Å². The van der Waals surface area contributed by atoms with E-state index in [1.54, 1.807) is 19.1 Å². The lowest BCUT2D eigenvalue weighted by Gasteiger charge is -2.04. The number of oxime groups is 1. The summed E-state index contributed by atoms with van der Waals surface area (Å²) in [4.78, 5) is 1.07. The first kappa shape index (κ1) is 16.6. The maximum Gasteiger partial charge on any atom is 0.358 e. The lowest BCUT2D eigenvalue weighted by Crippen LogP contribution is -2.03. The van der Waals surface area contributed by atoms with Crippen LogP contribution < -0.4 is 0 Å². The number of rotatable bonds is 4. The minimum absolute atomic E-state index is 0.0926. The van der Waals surface area contributed by atoms with E-state index in [4.69, 9.17) is 4.28 Å². The standard InChI is InChI=1S/C16H17NO3S2/c1-12-4-8-15(9-5-12)21-14(3)17-20-22(18,19)16-10-6-13(2)7-11-16/h4-11H,1-3H3. The monoisotopic (exact) mass is 335 g/mol. The van der Waals surface area contributed by atoms with E-state index in [9.17, 15) is 8.42 Å². The highest BCUT2D eigenvalue weighted by atomic mass is 32.2. The van der Waals surface area contributed by atoms with Gasteiger partial charge in [-0.2, -0.15) is 8.42 Å². The predicted molar refractivity (Wildman–Crippen MR) is 89.6 cm³/mol. The minimum Gasteiger partial charge on any atom is -0.264 e. The Morgan fingerprint density at radius 3 is 2.00 bits per heavy atom. The molecule has 0 bridgehead atoms. The molecule has 4 nitrogen and oxygen atoms in total. The summed E-state index contributed by atoms with van der Waals surface area (Å²) in [5, 5.41) is 4.22. The molecule has 22 heavy (non-hydrogen) atoms. The number of hydrogen-bond acceptors (Lipinski definition) is 5. The largest absolute Gasteiger partial charge is 0.358 e. The summed E-state index contributed by atoms with van der Waals surface area (Å²) in [5.41, 5.74) is 2.14. The Kier molecular flexibility index (Phi) is 5.26. The van der Waals surface area contributed by atoms with Crippen molar-refractivity contribution in [3.8, 4) is 0 Å². The molecular formula is C16H17NO3S2. The van der Waals surface area contributed by atoms with E-state index in [0.717, 1.165) is 16.0 Å². The van der Waals surface area contributed by atoms with Gasteiger partial charge in [-0.25, -0.2) is 0 Å². The molecule has 0 saturated carbocycles. The quantitative estimate of drug-likeness (QED) is 0.365. The van der Waals surface area contributed by atoms with Gasteiger partial charge in [-0.15, -0.1) is 0 Å². The Morgan fingerprint density at radius 2 is 1.45 bits per heavy atom. The molecule has 0 heterocycles. The molecule has 0 atom stereocenters. The summed E-state index contributed by atoms with van der Waals surface area (Å²) in [6.45, 7) is 5.60. The fraction of sp³-hybridized carbons (Fsp3) is 0.188. The summed E-state index contributed by atoms with van der Waals surface area (Å²) >= 11 is 1.35. The molecule has 2 rings (SSSR count). The molecule has 0 aromatic heterocycles. The topological polar surface area (TPSA) is 55.7 Å². The molecule has 0 radical (unpaired) electrons. The third-order valence-electron chi connectivity index (χ3n) is 2.86. The van der Waals surface area contributed by atoms with Gasteiger partial charge in [0.15, 0.2) is 0 Å². The summed E-state index contributed by atoms with van der Waals surface area (Å²) < 4.78 is 28.8. The average molecular weight is 335 g/mol. The smallest absolute Gasteiger partial charge is 0.264 e. The zero-order valence-electron chi connectivity index (χ0n) is 12.6. The van der Waals surface area contributed by atoms with Gasteiger partial charge in [-0.05, 0) is 45.0 Å². The van der Waals surface area contributed by atoms with Crippen molar-refractivity contribution in [2.45, 2.75) is 30.6 Å². The Hall–Kier alpha value is -1.79. The first-order valence-electron chi connectivity index (χ1n) is 6.66. The van der Waals surface area contributed by atoms with E-state index >= 15 is 0 Å². The summed E-state index contributed by atoms with van der Waals surface area (Å²) in [6, 6.07) is 14.3. The van der Waals surface area contributed by atoms with Crippen molar-refractivity contribution >= 4 is 26.9 Å². The number of hydrogen-bond donors (Lipinski definition) is 0. The van der Waals surface area contributed by atoms with Gasteiger partial charge in [0.25, 0.3) is 0 Å². The molecule has 0 aliphatic carbocycles. The van der Waals surface area contributed by atoms with E-state index < -0.39 is 10.1 Å². The zero-order chi connectivity index (χ0) is 16.2. The molecule has 0 saturated heterocycles. The van der Waals surface area contributed by atoms with Gasteiger partial charge in [-0.3, -0.25) is 4.28 Å². The molecule has 0 amide bonds. The van der Waals surface area contributed by atoms with Gasteiger partial charge >= 0.3 is 10.1 Å². The Bertz CT molecular complexity index is 764. The van der Waals surface area contributed by atoms with Crippen molar-refractivity contribution in [2.24, 2.45) is 5.16 Å². The third-order valence-corrected chi connectivity index (χ3v) is 4.86. The number of nitrogens with zero attached hydrogens (tertiary/aromatic N) is 1. The van der Waals surface area contributed by atoms with Crippen LogP contribution in [-0.2, 0) is 14.4 Å². The van der Waals surface area contributed by atoms with Crippen LogP contribution in [0.1, 0.15) is 18.1 Å². The van der Waals surface area contributed by atoms with Crippen LogP contribution in [0.4, 0.5) is 0 Å². The molecule has 2 aromatic rings. The van der Waals surface area contributed by atoms with Gasteiger partial charge in [0.05, 0.1) is 0 Å². The number of benzene rings is 2. The molecule has 0 aliphatic heterocycles. The Morgan fingerprint density at radius 1 is 0.955 bits per heavy atom. The van der Waals surface area contributed by atoms with Crippen LogP contribution in [0.5, 0.6) is 0 Å². The van der Waals surface area contributed by atoms with Crippen LogP contribution >= 0.6 is 11.8 Å². The Balaban J connectivity index is 2.06. The van der Waals surface area contributed by atoms with Crippen molar-refractivity contribution in [3.63, 3.8) is 0 Å². The zero-order valence-corrected chi connectivity index (χ0v) is 14.2. The van der Waals surface area contributed by atoms with Crippen molar-refractivity contribution in [2.75, 3.05) is 0 Å². The van der Waals surface area contributed by atoms with Crippen molar-refractivity contribution in [3.05, 3.63) is 59.7 Å². The van der Waals surface area contributed by atoms with Crippen molar-refractivity contribution in [1.82, 2.24) is 0 Å². The molecule has 0 N–H and O–H groups in total. The molecular weight excluding hydrogens is 318 g/mol. The number of thioether (sulfide) groups is 1. The third kappa shape index (κ3) is 4.61. The second-order valence-corrected chi connectivity index (χ2v) is 7.66. The predicted octanol–water partition coefficient (Wildman–Crippen LogP) is 4.13. The summed E-state index contributed by atoms with van der Waals surface area (Å²) in [7, 11) is -3.87. The molecule has 0 fully saturated rings. The fourth-order valence-corrected chi connectivity index (χ4v) is 3.15. The first-order valence-corrected chi connectivity index (χ1v) is 8.89. The van der Waals surface area contributed by atoms with Gasteiger partial charge in [0.1, 0.15) is 9.94 Å². The maximum absolute atomic E-state index is 12.0. The molecule has 2 aromatic carbocycles. The van der Waals surface area contributed by atoms with Gasteiger partial charge in [0, 0.05) is 4.90 Å². The average Bonchev–Trinajstić information content (AvgIpc) is 2.48. The van der Waals surface area contributed by atoms with Crippen molar-refractivity contribution in [1.29, 1.82) is 0 Å². The summed E-state index contributed by atoms with van der Waals surface area (Å²) in [6.07, 6.45) is 0. The molecule has 0 spiro atoms. The normalized spacial score (nSPS) is 12.2. The highest BCUT2D eigenvalue weighted by molar-refractivity contribution is 8.13.